The highest BCUT2D eigenvalue weighted by Crippen LogP contribution is 2.33. The number of aliphatic hydroxyl groups is 4. The minimum Gasteiger partial charge on any atom is -0.494 e. The molecular formula is C22H25NO6. The molecule has 5 atom stereocenters. The van der Waals surface area contributed by atoms with Crippen LogP contribution in [-0.4, -0.2) is 58.1 Å². The van der Waals surface area contributed by atoms with Gasteiger partial charge in [-0.15, -0.1) is 0 Å². The van der Waals surface area contributed by atoms with E-state index >= 15 is 0 Å². The number of benzene rings is 2. The first-order valence-corrected chi connectivity index (χ1v) is 9.53. The molecule has 0 aliphatic carbocycles. The average Bonchev–Trinajstić information content (AvgIpc) is 2.73. The highest BCUT2D eigenvalue weighted by atomic mass is 16.5. The smallest absolute Gasteiger partial charge is 0.119 e. The van der Waals surface area contributed by atoms with Gasteiger partial charge in [0, 0.05) is 0 Å². The number of hydrogen-bond acceptors (Lipinski definition) is 7. The normalized spacial score (nSPS) is 26.7. The zero-order valence-electron chi connectivity index (χ0n) is 16.1. The Bertz CT molecular complexity index is 861. The van der Waals surface area contributed by atoms with Crippen molar-refractivity contribution in [3.05, 3.63) is 64.7 Å². The number of nitrogens with zero attached hydrogens (tertiary/aromatic N) is 1. The van der Waals surface area contributed by atoms with Crippen molar-refractivity contribution in [2.24, 2.45) is 0 Å². The van der Waals surface area contributed by atoms with Gasteiger partial charge in [-0.3, -0.25) is 0 Å². The van der Waals surface area contributed by atoms with E-state index in [1.807, 2.05) is 31.2 Å². The molecule has 2 aromatic carbocycles. The number of nitriles is 1. The Morgan fingerprint density at radius 1 is 1.00 bits per heavy atom. The quantitative estimate of drug-likeness (QED) is 0.573. The van der Waals surface area contributed by atoms with Gasteiger partial charge in [-0.2, -0.15) is 5.26 Å². The summed E-state index contributed by atoms with van der Waals surface area (Å²) in [5.41, 5.74) is 2.74. The summed E-state index contributed by atoms with van der Waals surface area (Å²) in [5, 5.41) is 49.2. The van der Waals surface area contributed by atoms with Crippen molar-refractivity contribution in [2.75, 3.05) is 13.2 Å². The third-order valence-electron chi connectivity index (χ3n) is 5.01. The fourth-order valence-electron chi connectivity index (χ4n) is 3.53. The predicted octanol–water partition coefficient (Wildman–Crippen LogP) is 1.06. The Morgan fingerprint density at radius 2 is 1.72 bits per heavy atom. The van der Waals surface area contributed by atoms with E-state index < -0.39 is 37.1 Å². The Balaban J connectivity index is 1.88. The maximum Gasteiger partial charge on any atom is 0.119 e. The van der Waals surface area contributed by atoms with Crippen molar-refractivity contribution >= 4 is 0 Å². The van der Waals surface area contributed by atoms with Crippen molar-refractivity contribution in [1.82, 2.24) is 0 Å². The number of rotatable bonds is 6. The van der Waals surface area contributed by atoms with Gasteiger partial charge in [0.15, 0.2) is 0 Å². The van der Waals surface area contributed by atoms with Gasteiger partial charge in [-0.25, -0.2) is 0 Å². The fraction of sp³-hybridized carbons (Fsp3) is 0.409. The van der Waals surface area contributed by atoms with Gasteiger partial charge in [-0.1, -0.05) is 18.2 Å². The lowest BCUT2D eigenvalue weighted by Crippen LogP contribution is -2.55. The zero-order valence-corrected chi connectivity index (χ0v) is 16.1. The van der Waals surface area contributed by atoms with E-state index in [4.69, 9.17) is 9.47 Å². The molecule has 1 heterocycles. The van der Waals surface area contributed by atoms with Crippen LogP contribution >= 0.6 is 0 Å². The van der Waals surface area contributed by atoms with Crippen LogP contribution in [0, 0.1) is 11.3 Å². The summed E-state index contributed by atoms with van der Waals surface area (Å²) < 4.78 is 11.1. The van der Waals surface area contributed by atoms with Crippen molar-refractivity contribution in [3.63, 3.8) is 0 Å². The van der Waals surface area contributed by atoms with Crippen molar-refractivity contribution < 1.29 is 29.9 Å². The fourth-order valence-corrected chi connectivity index (χ4v) is 3.53. The minimum atomic E-state index is -1.47. The van der Waals surface area contributed by atoms with E-state index in [0.29, 0.717) is 24.2 Å². The predicted molar refractivity (Wildman–Crippen MR) is 104 cm³/mol. The summed E-state index contributed by atoms with van der Waals surface area (Å²) >= 11 is 0. The summed E-state index contributed by atoms with van der Waals surface area (Å²) in [6, 6.07) is 14.9. The molecule has 0 amide bonds. The Labute approximate surface area is 169 Å². The first-order valence-electron chi connectivity index (χ1n) is 9.53. The highest BCUT2D eigenvalue weighted by Gasteiger charge is 2.44. The van der Waals surface area contributed by atoms with Crippen LogP contribution in [0.15, 0.2) is 42.5 Å². The molecule has 7 heteroatoms. The summed E-state index contributed by atoms with van der Waals surface area (Å²) in [7, 11) is 0. The lowest BCUT2D eigenvalue weighted by atomic mass is 9.89. The molecule has 1 saturated heterocycles. The molecule has 0 spiro atoms. The lowest BCUT2D eigenvalue weighted by Gasteiger charge is -2.40. The first-order chi connectivity index (χ1) is 14.0. The molecule has 154 valence electrons. The van der Waals surface area contributed by atoms with Crippen LogP contribution < -0.4 is 4.74 Å². The highest BCUT2D eigenvalue weighted by molar-refractivity contribution is 5.41. The van der Waals surface area contributed by atoms with Crippen LogP contribution in [0.5, 0.6) is 5.75 Å². The third-order valence-corrected chi connectivity index (χ3v) is 5.01. The summed E-state index contributed by atoms with van der Waals surface area (Å²) in [5.74, 6) is 0.782. The molecule has 2 aromatic rings. The second kappa shape index (κ2) is 9.35. The molecular weight excluding hydrogens is 374 g/mol. The zero-order chi connectivity index (χ0) is 21.0. The number of ether oxygens (including phenoxy) is 2. The molecule has 1 unspecified atom stereocenters. The number of hydrogen-bond donors (Lipinski definition) is 4. The number of aliphatic hydroxyl groups excluding tert-OH is 4. The van der Waals surface area contributed by atoms with Crippen molar-refractivity contribution in [3.8, 4) is 11.8 Å². The second-order valence-electron chi connectivity index (χ2n) is 7.08. The van der Waals surface area contributed by atoms with Crippen LogP contribution in [0.25, 0.3) is 0 Å². The molecule has 4 N–H and O–H groups in total. The SMILES string of the molecule is CCOc1ccc(Cc2cc(C#N)cc([C@@H]3O[C@H](CO)[C@@H](O)C(O)[C@H]3O)c2)cc1. The largest absolute Gasteiger partial charge is 0.494 e. The molecule has 0 radical (unpaired) electrons. The second-order valence-corrected chi connectivity index (χ2v) is 7.08. The van der Waals surface area contributed by atoms with Gasteiger partial charge < -0.3 is 29.9 Å². The van der Waals surface area contributed by atoms with E-state index in [0.717, 1.165) is 16.9 Å². The maximum absolute atomic E-state index is 10.4. The molecule has 7 nitrogen and oxygen atoms in total. The van der Waals surface area contributed by atoms with Crippen LogP contribution in [-0.2, 0) is 11.2 Å². The van der Waals surface area contributed by atoms with E-state index in [-0.39, 0.29) is 0 Å². The van der Waals surface area contributed by atoms with E-state index in [9.17, 15) is 25.7 Å². The van der Waals surface area contributed by atoms with Gasteiger partial charge in [0.2, 0.25) is 0 Å². The molecule has 0 aromatic heterocycles. The van der Waals surface area contributed by atoms with E-state index in [1.54, 1.807) is 18.2 Å². The van der Waals surface area contributed by atoms with E-state index in [2.05, 4.69) is 6.07 Å². The van der Waals surface area contributed by atoms with Gasteiger partial charge in [-0.05, 0) is 54.3 Å². The topological polar surface area (TPSA) is 123 Å². The average molecular weight is 399 g/mol. The maximum atomic E-state index is 10.4. The van der Waals surface area contributed by atoms with Gasteiger partial charge in [0.1, 0.15) is 36.3 Å². The third kappa shape index (κ3) is 4.75. The molecule has 3 rings (SSSR count). The molecule has 0 bridgehead atoms. The molecule has 0 saturated carbocycles. The molecule has 1 fully saturated rings. The van der Waals surface area contributed by atoms with Crippen molar-refractivity contribution in [1.29, 1.82) is 5.26 Å². The van der Waals surface area contributed by atoms with Gasteiger partial charge in [0.25, 0.3) is 0 Å². The summed E-state index contributed by atoms with van der Waals surface area (Å²) in [6.07, 6.45) is -5.71. The Morgan fingerprint density at radius 3 is 2.34 bits per heavy atom. The molecule has 1 aliphatic heterocycles. The Kier molecular flexibility index (Phi) is 6.85. The molecule has 1 aliphatic rings. The Hall–Kier alpha value is -2.47. The van der Waals surface area contributed by atoms with Gasteiger partial charge >= 0.3 is 0 Å². The van der Waals surface area contributed by atoms with Crippen molar-refractivity contribution in [2.45, 2.75) is 43.9 Å². The van der Waals surface area contributed by atoms with Crippen LogP contribution in [0.1, 0.15) is 35.3 Å². The van der Waals surface area contributed by atoms with Crippen LogP contribution in [0.3, 0.4) is 0 Å². The standard InChI is InChI=1S/C22H25NO6/c1-2-28-17-5-3-13(4-6-17)7-14-8-15(11-23)10-16(9-14)22-21(27)20(26)19(25)18(12-24)29-22/h3-6,8-10,18-22,24-27H,2,7,12H2,1H3/t18-,19-,20?,21-,22+/m1/s1. The van der Waals surface area contributed by atoms with E-state index in [1.165, 1.54) is 0 Å². The van der Waals surface area contributed by atoms with Crippen LogP contribution in [0.2, 0.25) is 0 Å². The first kappa shape index (κ1) is 21.2. The lowest BCUT2D eigenvalue weighted by molar-refractivity contribution is -0.231. The molecule has 29 heavy (non-hydrogen) atoms. The monoisotopic (exact) mass is 399 g/mol. The minimum absolute atomic E-state index is 0.389. The summed E-state index contributed by atoms with van der Waals surface area (Å²) in [6.45, 7) is 2.01. The summed E-state index contributed by atoms with van der Waals surface area (Å²) in [4.78, 5) is 0. The van der Waals surface area contributed by atoms with Crippen LogP contribution in [0.4, 0.5) is 0 Å². The van der Waals surface area contributed by atoms with Gasteiger partial charge in [0.05, 0.1) is 24.8 Å².